The average Bonchev–Trinajstić information content (AvgIpc) is 1.99. The molecule has 5 nitrogen and oxygen atoms in total. The fraction of sp³-hybridized carbons (Fsp3) is 1.00. The van der Waals surface area contributed by atoms with Crippen LogP contribution >= 0.6 is 0 Å². The zero-order valence-corrected chi connectivity index (χ0v) is 10.8. The Balaban J connectivity index is 3.99. The first-order valence-corrected chi connectivity index (χ1v) is 8.64. The van der Waals surface area contributed by atoms with E-state index < -0.39 is 19.7 Å². The molecule has 0 aliphatic heterocycles. The van der Waals surface area contributed by atoms with Gasteiger partial charge in [-0.15, -0.1) is 0 Å². The number of rotatable bonds is 7. The summed E-state index contributed by atoms with van der Waals surface area (Å²) in [7, 11) is -6.45. The molecule has 0 aromatic rings. The monoisotopic (exact) mass is 257 g/mol. The number of hydrogen-bond donors (Lipinski definition) is 1. The molecule has 0 saturated heterocycles. The van der Waals surface area contributed by atoms with Crippen molar-refractivity contribution in [2.75, 3.05) is 23.5 Å². The molecule has 7 heteroatoms. The van der Waals surface area contributed by atoms with Gasteiger partial charge in [0.2, 0.25) is 0 Å². The molecule has 0 heterocycles. The largest absolute Gasteiger partial charge is 0.328 e. The molecule has 15 heavy (non-hydrogen) atoms. The van der Waals surface area contributed by atoms with Gasteiger partial charge in [0.25, 0.3) is 0 Å². The van der Waals surface area contributed by atoms with Crippen LogP contribution in [0.2, 0.25) is 0 Å². The Morgan fingerprint density at radius 1 is 1.07 bits per heavy atom. The van der Waals surface area contributed by atoms with Crippen LogP contribution in [-0.4, -0.2) is 46.4 Å². The first-order chi connectivity index (χ1) is 6.62. The Labute approximate surface area is 91.9 Å². The molecule has 0 aliphatic carbocycles. The van der Waals surface area contributed by atoms with Crippen LogP contribution in [0, 0.1) is 0 Å². The SMILES string of the molecule is CC(N)CCCS(=O)(=O)CCS(C)(=O)=O. The minimum absolute atomic E-state index is 0.0179. The van der Waals surface area contributed by atoms with Gasteiger partial charge in [0.1, 0.15) is 9.84 Å². The van der Waals surface area contributed by atoms with Gasteiger partial charge in [-0.25, -0.2) is 16.8 Å². The average molecular weight is 257 g/mol. The minimum Gasteiger partial charge on any atom is -0.328 e. The van der Waals surface area contributed by atoms with E-state index in [1.54, 1.807) is 0 Å². The lowest BCUT2D eigenvalue weighted by Crippen LogP contribution is -2.21. The summed E-state index contributed by atoms with van der Waals surface area (Å²) in [5, 5.41) is 0. The quantitative estimate of drug-likeness (QED) is 0.668. The third-order valence-electron chi connectivity index (χ3n) is 1.88. The molecule has 0 radical (unpaired) electrons. The van der Waals surface area contributed by atoms with Gasteiger partial charge in [-0.05, 0) is 19.8 Å². The summed E-state index contributed by atoms with van der Waals surface area (Å²) in [4.78, 5) is 0. The van der Waals surface area contributed by atoms with Gasteiger partial charge in [-0.2, -0.15) is 0 Å². The van der Waals surface area contributed by atoms with Crippen molar-refractivity contribution in [3.63, 3.8) is 0 Å². The highest BCUT2D eigenvalue weighted by Crippen LogP contribution is 2.01. The van der Waals surface area contributed by atoms with Crippen molar-refractivity contribution in [2.45, 2.75) is 25.8 Å². The van der Waals surface area contributed by atoms with Crippen molar-refractivity contribution < 1.29 is 16.8 Å². The fourth-order valence-electron chi connectivity index (χ4n) is 1.01. The van der Waals surface area contributed by atoms with Gasteiger partial charge in [-0.3, -0.25) is 0 Å². The smallest absolute Gasteiger partial charge is 0.151 e. The van der Waals surface area contributed by atoms with Gasteiger partial charge in [0.15, 0.2) is 9.84 Å². The Bertz CT molecular complexity index is 369. The number of sulfone groups is 2. The second kappa shape index (κ2) is 5.81. The maximum absolute atomic E-state index is 11.4. The summed E-state index contributed by atoms with van der Waals surface area (Å²) in [6, 6.07) is -0.0184. The van der Waals surface area contributed by atoms with E-state index >= 15 is 0 Å². The summed E-state index contributed by atoms with van der Waals surface area (Å²) in [6.07, 6.45) is 2.16. The molecular weight excluding hydrogens is 238 g/mol. The Hall–Kier alpha value is -0.140. The van der Waals surface area contributed by atoms with E-state index in [-0.39, 0.29) is 23.3 Å². The molecule has 0 fully saturated rings. The van der Waals surface area contributed by atoms with Crippen LogP contribution in [0.3, 0.4) is 0 Å². The number of hydrogen-bond acceptors (Lipinski definition) is 5. The van der Waals surface area contributed by atoms with E-state index in [1.165, 1.54) is 0 Å². The molecule has 0 aromatic heterocycles. The standard InChI is InChI=1S/C8H19NO4S2/c1-8(9)4-3-5-15(12,13)7-6-14(2,10)11/h8H,3-7,9H2,1-2H3. The molecule has 0 rings (SSSR count). The first-order valence-electron chi connectivity index (χ1n) is 4.76. The highest BCUT2D eigenvalue weighted by Gasteiger charge is 2.14. The van der Waals surface area contributed by atoms with Crippen LogP contribution in [0.15, 0.2) is 0 Å². The van der Waals surface area contributed by atoms with Crippen molar-refractivity contribution in [3.8, 4) is 0 Å². The zero-order chi connectivity index (χ0) is 12.1. The predicted molar refractivity (Wildman–Crippen MR) is 61.2 cm³/mol. The van der Waals surface area contributed by atoms with E-state index in [1.807, 2.05) is 6.92 Å². The van der Waals surface area contributed by atoms with Crippen LogP contribution in [0.25, 0.3) is 0 Å². The van der Waals surface area contributed by atoms with Crippen molar-refractivity contribution in [1.82, 2.24) is 0 Å². The predicted octanol–water partition coefficient (Wildman–Crippen LogP) is -0.427. The van der Waals surface area contributed by atoms with Gasteiger partial charge in [-0.1, -0.05) is 0 Å². The molecule has 0 bridgehead atoms. The molecule has 0 aliphatic rings. The Morgan fingerprint density at radius 2 is 1.60 bits per heavy atom. The van der Waals surface area contributed by atoms with E-state index in [2.05, 4.69) is 0 Å². The summed E-state index contributed by atoms with van der Waals surface area (Å²) in [5.41, 5.74) is 5.47. The second-order valence-corrected chi connectivity index (χ2v) is 8.46. The molecule has 2 N–H and O–H groups in total. The van der Waals surface area contributed by atoms with E-state index in [0.717, 1.165) is 6.26 Å². The third-order valence-corrected chi connectivity index (χ3v) is 4.82. The molecule has 1 unspecified atom stereocenters. The van der Waals surface area contributed by atoms with Crippen LogP contribution in [0.5, 0.6) is 0 Å². The zero-order valence-electron chi connectivity index (χ0n) is 9.14. The van der Waals surface area contributed by atoms with Crippen LogP contribution in [0.4, 0.5) is 0 Å². The molecule has 0 aromatic carbocycles. The molecule has 0 saturated carbocycles. The summed E-state index contributed by atoms with van der Waals surface area (Å²) in [5.74, 6) is -0.567. The van der Waals surface area contributed by atoms with Crippen molar-refractivity contribution in [1.29, 1.82) is 0 Å². The lowest BCUT2D eigenvalue weighted by Gasteiger charge is -2.05. The lowest BCUT2D eigenvalue weighted by molar-refractivity contribution is 0.582. The maximum atomic E-state index is 11.4. The van der Waals surface area contributed by atoms with Gasteiger partial charge in [0.05, 0.1) is 17.3 Å². The second-order valence-electron chi connectivity index (χ2n) is 3.90. The third kappa shape index (κ3) is 10.1. The highest BCUT2D eigenvalue weighted by molar-refractivity contribution is 7.94. The first kappa shape index (κ1) is 14.9. The van der Waals surface area contributed by atoms with Crippen LogP contribution in [-0.2, 0) is 19.7 Å². The van der Waals surface area contributed by atoms with Gasteiger partial charge < -0.3 is 5.73 Å². The van der Waals surface area contributed by atoms with Crippen LogP contribution < -0.4 is 5.73 Å². The van der Waals surface area contributed by atoms with Crippen molar-refractivity contribution in [2.24, 2.45) is 5.73 Å². The van der Waals surface area contributed by atoms with E-state index in [4.69, 9.17) is 5.73 Å². The summed E-state index contributed by atoms with van der Waals surface area (Å²) >= 11 is 0. The maximum Gasteiger partial charge on any atom is 0.151 e. The topological polar surface area (TPSA) is 94.3 Å². The van der Waals surface area contributed by atoms with Gasteiger partial charge >= 0.3 is 0 Å². The van der Waals surface area contributed by atoms with E-state index in [9.17, 15) is 16.8 Å². The molecule has 1 atom stereocenters. The Kier molecular flexibility index (Phi) is 5.76. The molecular formula is C8H19NO4S2. The Morgan fingerprint density at radius 3 is 2.00 bits per heavy atom. The molecule has 0 amide bonds. The van der Waals surface area contributed by atoms with Gasteiger partial charge in [0, 0.05) is 12.3 Å². The lowest BCUT2D eigenvalue weighted by atomic mass is 10.2. The highest BCUT2D eigenvalue weighted by atomic mass is 32.2. The fourth-order valence-corrected chi connectivity index (χ4v) is 4.04. The molecule has 92 valence electrons. The van der Waals surface area contributed by atoms with Crippen LogP contribution in [0.1, 0.15) is 19.8 Å². The minimum atomic E-state index is -3.25. The van der Waals surface area contributed by atoms with E-state index in [0.29, 0.717) is 12.8 Å². The normalized spacial score (nSPS) is 15.1. The summed E-state index contributed by atoms with van der Waals surface area (Å²) in [6.45, 7) is 1.81. The van der Waals surface area contributed by atoms with Crippen molar-refractivity contribution >= 4 is 19.7 Å². The van der Waals surface area contributed by atoms with Crippen molar-refractivity contribution in [3.05, 3.63) is 0 Å². The molecule has 0 spiro atoms. The summed E-state index contributed by atoms with van der Waals surface area (Å²) < 4.78 is 44.3. The number of nitrogens with two attached hydrogens (primary N) is 1.